The zero-order valence-corrected chi connectivity index (χ0v) is 12.9. The van der Waals surface area contributed by atoms with Crippen molar-refractivity contribution < 1.29 is 8.42 Å². The summed E-state index contributed by atoms with van der Waals surface area (Å²) >= 11 is 0. The van der Waals surface area contributed by atoms with Crippen molar-refractivity contribution >= 4 is 15.7 Å². The zero-order valence-electron chi connectivity index (χ0n) is 12.1. The van der Waals surface area contributed by atoms with Gasteiger partial charge in [-0.3, -0.25) is 4.98 Å². The van der Waals surface area contributed by atoms with Crippen LogP contribution in [0.1, 0.15) is 39.5 Å². The summed E-state index contributed by atoms with van der Waals surface area (Å²) in [5.41, 5.74) is 0.608. The molecule has 0 spiro atoms. The minimum Gasteiger partial charge on any atom is -0.384 e. The van der Waals surface area contributed by atoms with E-state index in [0.717, 1.165) is 12.8 Å². The molecular formula is C14H23N3O2S. The smallest absolute Gasteiger partial charge is 0.244 e. The van der Waals surface area contributed by atoms with Gasteiger partial charge >= 0.3 is 0 Å². The number of pyridine rings is 1. The van der Waals surface area contributed by atoms with E-state index in [-0.39, 0.29) is 10.9 Å². The van der Waals surface area contributed by atoms with Crippen LogP contribution in [-0.2, 0) is 10.0 Å². The summed E-state index contributed by atoms with van der Waals surface area (Å²) in [6.07, 6.45) is 7.21. The quantitative estimate of drug-likeness (QED) is 0.773. The van der Waals surface area contributed by atoms with Crippen LogP contribution in [0.4, 0.5) is 5.69 Å². The lowest BCUT2D eigenvalue weighted by molar-refractivity contribution is 0.495. The minimum atomic E-state index is -3.52. The van der Waals surface area contributed by atoms with Gasteiger partial charge in [-0.25, -0.2) is 13.1 Å². The van der Waals surface area contributed by atoms with Crippen molar-refractivity contribution in [3.05, 3.63) is 18.5 Å². The highest BCUT2D eigenvalue weighted by Gasteiger charge is 2.28. The Morgan fingerprint density at radius 1 is 1.40 bits per heavy atom. The average Bonchev–Trinajstić information content (AvgIpc) is 3.22. The highest BCUT2D eigenvalue weighted by molar-refractivity contribution is 7.89. The van der Waals surface area contributed by atoms with Crippen molar-refractivity contribution in [1.82, 2.24) is 9.71 Å². The first-order chi connectivity index (χ1) is 9.56. The van der Waals surface area contributed by atoms with E-state index in [1.807, 2.05) is 13.8 Å². The molecular weight excluding hydrogens is 274 g/mol. The first kappa shape index (κ1) is 15.3. The van der Waals surface area contributed by atoms with Gasteiger partial charge in [-0.2, -0.15) is 0 Å². The van der Waals surface area contributed by atoms with Gasteiger partial charge in [-0.05, 0) is 31.7 Å². The van der Waals surface area contributed by atoms with Gasteiger partial charge in [0.25, 0.3) is 0 Å². The molecule has 1 fully saturated rings. The van der Waals surface area contributed by atoms with Gasteiger partial charge in [-0.1, -0.05) is 19.8 Å². The van der Waals surface area contributed by atoms with Crippen LogP contribution in [0.3, 0.4) is 0 Å². The lowest BCUT2D eigenvalue weighted by Gasteiger charge is -2.18. The number of aromatic nitrogens is 1. The summed E-state index contributed by atoms with van der Waals surface area (Å²) in [7, 11) is -3.52. The molecule has 1 heterocycles. The number of nitrogens with one attached hydrogen (secondary N) is 2. The summed E-state index contributed by atoms with van der Waals surface area (Å²) < 4.78 is 27.8. The Balaban J connectivity index is 2.15. The molecule has 1 atom stereocenters. The lowest BCUT2D eigenvalue weighted by atomic mass is 10.1. The predicted molar refractivity (Wildman–Crippen MR) is 80.1 cm³/mol. The molecule has 1 aliphatic rings. The van der Waals surface area contributed by atoms with Crippen LogP contribution >= 0.6 is 0 Å². The van der Waals surface area contributed by atoms with Crippen LogP contribution in [0, 0.1) is 5.92 Å². The molecule has 0 aliphatic heterocycles. The van der Waals surface area contributed by atoms with Gasteiger partial charge in [0, 0.05) is 25.0 Å². The van der Waals surface area contributed by atoms with Gasteiger partial charge < -0.3 is 5.32 Å². The Labute approximate surface area is 121 Å². The van der Waals surface area contributed by atoms with E-state index in [9.17, 15) is 8.42 Å². The SMILES string of the molecule is CCNc1ccncc1S(=O)(=O)NC(CC)CC1CC1. The minimum absolute atomic E-state index is 0.0159. The molecule has 1 aromatic heterocycles. The second-order valence-corrected chi connectivity index (χ2v) is 6.99. The maximum absolute atomic E-state index is 12.5. The molecule has 1 unspecified atom stereocenters. The van der Waals surface area contributed by atoms with E-state index in [0.29, 0.717) is 18.2 Å². The van der Waals surface area contributed by atoms with Crippen LogP contribution in [0.5, 0.6) is 0 Å². The highest BCUT2D eigenvalue weighted by Crippen LogP contribution is 2.34. The molecule has 1 aliphatic carbocycles. The summed E-state index contributed by atoms with van der Waals surface area (Å²) in [5.74, 6) is 0.699. The third-order valence-electron chi connectivity index (χ3n) is 3.57. The van der Waals surface area contributed by atoms with Gasteiger partial charge in [0.1, 0.15) is 4.90 Å². The third kappa shape index (κ3) is 3.93. The van der Waals surface area contributed by atoms with Crippen LogP contribution in [0.15, 0.2) is 23.4 Å². The normalized spacial score (nSPS) is 16.9. The van der Waals surface area contributed by atoms with Crippen molar-refractivity contribution in [2.45, 2.75) is 50.5 Å². The molecule has 0 aromatic carbocycles. The molecule has 2 N–H and O–H groups in total. The van der Waals surface area contributed by atoms with Crippen LogP contribution in [0.2, 0.25) is 0 Å². The van der Waals surface area contributed by atoms with Crippen molar-refractivity contribution in [3.8, 4) is 0 Å². The summed E-state index contributed by atoms with van der Waals surface area (Å²) in [6, 6.07) is 1.71. The molecule has 1 saturated carbocycles. The van der Waals surface area contributed by atoms with Gasteiger partial charge in [0.05, 0.1) is 5.69 Å². The number of rotatable bonds is 8. The van der Waals surface area contributed by atoms with E-state index in [4.69, 9.17) is 0 Å². The first-order valence-electron chi connectivity index (χ1n) is 7.27. The molecule has 0 radical (unpaired) electrons. The van der Waals surface area contributed by atoms with Crippen LogP contribution < -0.4 is 10.0 Å². The van der Waals surface area contributed by atoms with Gasteiger partial charge in [0.2, 0.25) is 10.0 Å². The summed E-state index contributed by atoms with van der Waals surface area (Å²) in [5, 5.41) is 3.07. The Morgan fingerprint density at radius 2 is 2.15 bits per heavy atom. The fourth-order valence-corrected chi connectivity index (χ4v) is 3.73. The van der Waals surface area contributed by atoms with E-state index >= 15 is 0 Å². The number of sulfonamides is 1. The molecule has 112 valence electrons. The Hall–Kier alpha value is -1.14. The molecule has 5 nitrogen and oxygen atoms in total. The number of hydrogen-bond acceptors (Lipinski definition) is 4. The highest BCUT2D eigenvalue weighted by atomic mass is 32.2. The van der Waals surface area contributed by atoms with Crippen LogP contribution in [-0.4, -0.2) is 26.0 Å². The fraction of sp³-hybridized carbons (Fsp3) is 0.643. The number of hydrogen-bond donors (Lipinski definition) is 2. The van der Waals surface area contributed by atoms with Gasteiger partial charge in [0.15, 0.2) is 0 Å². The van der Waals surface area contributed by atoms with E-state index in [1.165, 1.54) is 19.0 Å². The largest absolute Gasteiger partial charge is 0.384 e. The molecule has 0 saturated heterocycles. The van der Waals surface area contributed by atoms with Crippen LogP contribution in [0.25, 0.3) is 0 Å². The van der Waals surface area contributed by atoms with E-state index in [2.05, 4.69) is 15.0 Å². The molecule has 20 heavy (non-hydrogen) atoms. The monoisotopic (exact) mass is 297 g/mol. The topological polar surface area (TPSA) is 71.1 Å². The fourth-order valence-electron chi connectivity index (χ4n) is 2.27. The van der Waals surface area contributed by atoms with E-state index < -0.39 is 10.0 Å². The second kappa shape index (κ2) is 6.54. The lowest BCUT2D eigenvalue weighted by Crippen LogP contribution is -2.35. The standard InChI is InChI=1S/C14H23N3O2S/c1-3-12(9-11-5-6-11)17-20(18,19)14-10-15-8-7-13(14)16-4-2/h7-8,10-12,17H,3-6,9H2,1-2H3,(H,15,16). The summed E-state index contributed by atoms with van der Waals surface area (Å²) in [4.78, 5) is 4.17. The maximum atomic E-state index is 12.5. The molecule has 0 amide bonds. The summed E-state index contributed by atoms with van der Waals surface area (Å²) in [6.45, 7) is 4.63. The Morgan fingerprint density at radius 3 is 2.75 bits per heavy atom. The second-order valence-electron chi connectivity index (χ2n) is 5.31. The predicted octanol–water partition coefficient (Wildman–Crippen LogP) is 2.37. The van der Waals surface area contributed by atoms with Crippen molar-refractivity contribution in [3.63, 3.8) is 0 Å². The van der Waals surface area contributed by atoms with Gasteiger partial charge in [-0.15, -0.1) is 0 Å². The number of nitrogens with zero attached hydrogens (tertiary/aromatic N) is 1. The Bertz CT molecular complexity index is 541. The Kier molecular flexibility index (Phi) is 4.99. The molecule has 2 rings (SSSR count). The average molecular weight is 297 g/mol. The zero-order chi connectivity index (χ0) is 14.6. The first-order valence-corrected chi connectivity index (χ1v) is 8.75. The maximum Gasteiger partial charge on any atom is 0.244 e. The van der Waals surface area contributed by atoms with Crippen molar-refractivity contribution in [2.75, 3.05) is 11.9 Å². The molecule has 1 aromatic rings. The van der Waals surface area contributed by atoms with Crippen molar-refractivity contribution in [2.24, 2.45) is 5.92 Å². The molecule has 6 heteroatoms. The number of anilines is 1. The third-order valence-corrected chi connectivity index (χ3v) is 5.12. The van der Waals surface area contributed by atoms with E-state index in [1.54, 1.807) is 12.3 Å². The van der Waals surface area contributed by atoms with Crippen molar-refractivity contribution in [1.29, 1.82) is 0 Å². The molecule has 0 bridgehead atoms.